The first-order chi connectivity index (χ1) is 17.1. The third-order valence-electron chi connectivity index (χ3n) is 6.65. The normalized spacial score (nSPS) is 29.0. The van der Waals surface area contributed by atoms with Gasteiger partial charge in [-0.05, 0) is 32.6 Å². The summed E-state index contributed by atoms with van der Waals surface area (Å²) in [4.78, 5) is 52.2. The second-order valence-corrected chi connectivity index (χ2v) is 10.3. The summed E-state index contributed by atoms with van der Waals surface area (Å²) in [5, 5.41) is 0. The van der Waals surface area contributed by atoms with Gasteiger partial charge in [0.1, 0.15) is 12.5 Å². The van der Waals surface area contributed by atoms with Crippen LogP contribution >= 0.6 is 8.25 Å². The molecule has 2 aliphatic heterocycles. The van der Waals surface area contributed by atoms with Gasteiger partial charge >= 0.3 is 19.6 Å². The Morgan fingerprint density at radius 2 is 1.47 bits per heavy atom. The lowest BCUT2D eigenvalue weighted by atomic mass is 10.0. The fourth-order valence-electron chi connectivity index (χ4n) is 4.51. The molecule has 7 atom stereocenters. The van der Waals surface area contributed by atoms with E-state index in [1.165, 1.54) is 21.5 Å². The van der Waals surface area contributed by atoms with Crippen molar-refractivity contribution in [2.75, 3.05) is 6.61 Å². The molecule has 1 unspecified atom stereocenters. The van der Waals surface area contributed by atoms with Crippen molar-refractivity contribution in [3.05, 3.63) is 65.2 Å². The van der Waals surface area contributed by atoms with Crippen LogP contribution in [0.15, 0.2) is 31.6 Å². The first kappa shape index (κ1) is 26.5. The molecule has 0 radical (unpaired) electrons. The zero-order chi connectivity index (χ0) is 26.1. The van der Waals surface area contributed by atoms with E-state index >= 15 is 0 Å². The molecule has 13 nitrogen and oxygen atoms in total. The molecule has 14 heteroatoms. The Kier molecular flexibility index (Phi) is 7.96. The standard InChI is InChI=1S/C22H31N4O9P/c1-5-14-15(7-18(33-14)26-9-13(4)20(28)24-22(26)30)35-36(31)32-10-16-11(2)6-17(34-16)25-8-12(3)19(27)23-21(25)29/h8-9,11,14-18,36H,5-7,10H2,1-4H3,(H,23,27,29)(H,24,28,30)/t11-,14-,15-,16-,17-,18-/m1/s1. The predicted molar refractivity (Wildman–Crippen MR) is 128 cm³/mol. The topological polar surface area (TPSA) is 164 Å². The fourth-order valence-corrected chi connectivity index (χ4v) is 5.37. The van der Waals surface area contributed by atoms with Crippen LogP contribution in [0.5, 0.6) is 0 Å². The van der Waals surface area contributed by atoms with Crippen molar-refractivity contribution in [2.24, 2.45) is 5.92 Å². The van der Waals surface area contributed by atoms with Crippen molar-refractivity contribution < 1.29 is 23.1 Å². The summed E-state index contributed by atoms with van der Waals surface area (Å²) >= 11 is 0. The van der Waals surface area contributed by atoms with Gasteiger partial charge in [0.05, 0.1) is 24.9 Å². The van der Waals surface area contributed by atoms with E-state index in [2.05, 4.69) is 9.97 Å². The summed E-state index contributed by atoms with van der Waals surface area (Å²) in [5.74, 6) is 0.00173. The van der Waals surface area contributed by atoms with E-state index in [9.17, 15) is 23.7 Å². The Bertz CT molecular complexity index is 1360. The molecule has 0 bridgehead atoms. The van der Waals surface area contributed by atoms with Gasteiger partial charge in [-0.3, -0.25) is 33.3 Å². The summed E-state index contributed by atoms with van der Waals surface area (Å²) in [7, 11) is -2.93. The molecule has 0 aromatic carbocycles. The van der Waals surface area contributed by atoms with Crippen LogP contribution in [0, 0.1) is 19.8 Å². The Hall–Kier alpha value is -2.57. The number of ether oxygens (including phenoxy) is 2. The molecule has 36 heavy (non-hydrogen) atoms. The van der Waals surface area contributed by atoms with Gasteiger partial charge in [0.2, 0.25) is 0 Å². The molecule has 0 spiro atoms. The quantitative estimate of drug-likeness (QED) is 0.480. The lowest BCUT2D eigenvalue weighted by Crippen LogP contribution is -2.33. The first-order valence-electron chi connectivity index (χ1n) is 11.9. The van der Waals surface area contributed by atoms with Crippen LogP contribution in [0.2, 0.25) is 0 Å². The minimum absolute atomic E-state index is 0.00107. The van der Waals surface area contributed by atoms with Gasteiger partial charge in [0, 0.05) is 29.9 Å². The van der Waals surface area contributed by atoms with E-state index in [4.69, 9.17) is 18.5 Å². The van der Waals surface area contributed by atoms with Gasteiger partial charge in [-0.1, -0.05) is 13.8 Å². The van der Waals surface area contributed by atoms with Gasteiger partial charge in [0.25, 0.3) is 11.1 Å². The summed E-state index contributed by atoms with van der Waals surface area (Å²) in [6.07, 6.45) is 1.59. The lowest BCUT2D eigenvalue weighted by Gasteiger charge is -2.19. The van der Waals surface area contributed by atoms with E-state index in [0.717, 1.165) is 0 Å². The number of aromatic amines is 2. The second kappa shape index (κ2) is 10.8. The fraction of sp³-hybridized carbons (Fsp3) is 0.636. The minimum atomic E-state index is -2.93. The maximum absolute atomic E-state index is 12.6. The van der Waals surface area contributed by atoms with E-state index in [-0.39, 0.29) is 18.9 Å². The van der Waals surface area contributed by atoms with Crippen molar-refractivity contribution in [1.29, 1.82) is 0 Å². The highest BCUT2D eigenvalue weighted by Gasteiger charge is 2.38. The van der Waals surface area contributed by atoms with Crippen molar-refractivity contribution >= 4 is 8.25 Å². The van der Waals surface area contributed by atoms with Crippen LogP contribution in [-0.4, -0.2) is 44.0 Å². The number of hydrogen-bond donors (Lipinski definition) is 2. The first-order valence-corrected chi connectivity index (χ1v) is 13.1. The SMILES string of the molecule is CC[C@H]1O[C@@H](n2cc(C)c(=O)[nH]c2=O)C[C@H]1O[PH](=O)OC[C@H]1O[C@@H](n2cc(C)c(=O)[nH]c2=O)C[C@H]1C. The zero-order valence-electron chi connectivity index (χ0n) is 20.5. The van der Waals surface area contributed by atoms with Crippen LogP contribution in [0.4, 0.5) is 0 Å². The molecular formula is C22H31N4O9P. The lowest BCUT2D eigenvalue weighted by molar-refractivity contribution is -0.0325. The van der Waals surface area contributed by atoms with Crippen LogP contribution < -0.4 is 22.5 Å². The maximum Gasteiger partial charge on any atom is 0.330 e. The average molecular weight is 526 g/mol. The molecule has 2 fully saturated rings. The molecule has 0 aliphatic carbocycles. The van der Waals surface area contributed by atoms with Crippen molar-refractivity contribution in [3.8, 4) is 0 Å². The number of aryl methyl sites for hydroxylation is 2. The summed E-state index contributed by atoms with van der Waals surface area (Å²) in [6, 6.07) is 0. The van der Waals surface area contributed by atoms with Gasteiger partial charge in [0.15, 0.2) is 0 Å². The van der Waals surface area contributed by atoms with E-state index in [1.807, 2.05) is 13.8 Å². The highest BCUT2D eigenvalue weighted by molar-refractivity contribution is 7.33. The molecule has 2 aromatic rings. The highest BCUT2D eigenvalue weighted by Crippen LogP contribution is 2.39. The molecule has 2 aliphatic rings. The molecular weight excluding hydrogens is 495 g/mol. The second-order valence-electron chi connectivity index (χ2n) is 9.29. The molecule has 4 heterocycles. The van der Waals surface area contributed by atoms with Gasteiger partial charge < -0.3 is 18.5 Å². The Balaban J connectivity index is 1.35. The average Bonchev–Trinajstić information content (AvgIpc) is 3.40. The molecule has 0 saturated carbocycles. The zero-order valence-corrected chi connectivity index (χ0v) is 21.5. The van der Waals surface area contributed by atoms with E-state index < -0.39 is 61.5 Å². The molecule has 0 amide bonds. The van der Waals surface area contributed by atoms with E-state index in [0.29, 0.717) is 24.0 Å². The molecule has 198 valence electrons. The summed E-state index contributed by atoms with van der Waals surface area (Å²) in [6.45, 7) is 7.01. The number of rotatable bonds is 8. The Morgan fingerprint density at radius 1 is 0.944 bits per heavy atom. The summed E-state index contributed by atoms with van der Waals surface area (Å²) in [5.41, 5.74) is -1.28. The molecule has 2 aromatic heterocycles. The number of nitrogens with one attached hydrogen (secondary N) is 2. The largest absolute Gasteiger partial charge is 0.352 e. The molecule has 2 saturated heterocycles. The number of H-pyrrole nitrogens is 2. The predicted octanol–water partition coefficient (Wildman–Crippen LogP) is 1.12. The van der Waals surface area contributed by atoms with Crippen LogP contribution in [0.1, 0.15) is 56.7 Å². The third kappa shape index (κ3) is 5.55. The van der Waals surface area contributed by atoms with Crippen LogP contribution in [-0.2, 0) is 23.1 Å². The van der Waals surface area contributed by atoms with Gasteiger partial charge in [-0.2, -0.15) is 0 Å². The van der Waals surface area contributed by atoms with Crippen molar-refractivity contribution in [3.63, 3.8) is 0 Å². The van der Waals surface area contributed by atoms with Crippen molar-refractivity contribution in [1.82, 2.24) is 19.1 Å². The smallest absolute Gasteiger partial charge is 0.330 e. The monoisotopic (exact) mass is 526 g/mol. The van der Waals surface area contributed by atoms with Crippen LogP contribution in [0.3, 0.4) is 0 Å². The number of nitrogens with zero attached hydrogens (tertiary/aromatic N) is 2. The third-order valence-corrected chi connectivity index (χ3v) is 7.55. The Labute approximate surface area is 206 Å². The minimum Gasteiger partial charge on any atom is -0.352 e. The van der Waals surface area contributed by atoms with E-state index in [1.54, 1.807) is 13.8 Å². The molecule has 4 rings (SSSR count). The number of aromatic nitrogens is 4. The maximum atomic E-state index is 12.6. The van der Waals surface area contributed by atoms with Crippen molar-refractivity contribution in [2.45, 2.75) is 77.7 Å². The summed E-state index contributed by atoms with van der Waals surface area (Å²) < 4.78 is 38.3. The van der Waals surface area contributed by atoms with Gasteiger partial charge in [-0.25, -0.2) is 9.59 Å². The Morgan fingerprint density at radius 3 is 2.03 bits per heavy atom. The number of hydrogen-bond acceptors (Lipinski definition) is 9. The van der Waals surface area contributed by atoms with Crippen LogP contribution in [0.25, 0.3) is 0 Å². The molecule has 2 N–H and O–H groups in total. The van der Waals surface area contributed by atoms with Gasteiger partial charge in [-0.15, -0.1) is 0 Å². The highest BCUT2D eigenvalue weighted by atomic mass is 31.1.